The van der Waals surface area contributed by atoms with Crippen LogP contribution in [-0.2, 0) is 19.4 Å². The van der Waals surface area contributed by atoms with Crippen LogP contribution in [0.1, 0.15) is 50.5 Å². The third-order valence-corrected chi connectivity index (χ3v) is 7.44. The smallest absolute Gasteiger partial charge is 0.181 e. The molecule has 136 valence electrons. The number of allylic oxidation sites excluding steroid dienone is 2. The van der Waals surface area contributed by atoms with Crippen LogP contribution in [0.25, 0.3) is 0 Å². The first-order chi connectivity index (χ1) is 12.0. The number of carbonyl (C=O) groups is 1. The van der Waals surface area contributed by atoms with E-state index in [1.54, 1.807) is 24.3 Å². The summed E-state index contributed by atoms with van der Waals surface area (Å²) in [5.74, 6) is 0.353. The van der Waals surface area contributed by atoms with Gasteiger partial charge in [-0.1, -0.05) is 18.2 Å². The summed E-state index contributed by atoms with van der Waals surface area (Å²) in [5, 5.41) is -0.207. The van der Waals surface area contributed by atoms with Crippen molar-refractivity contribution in [3.8, 4) is 0 Å². The minimum Gasteiger partial charge on any atom is -0.381 e. The van der Waals surface area contributed by atoms with Crippen molar-refractivity contribution in [3.05, 3.63) is 42.0 Å². The molecule has 1 aliphatic carbocycles. The summed E-state index contributed by atoms with van der Waals surface area (Å²) in [4.78, 5) is 13.0. The van der Waals surface area contributed by atoms with E-state index >= 15 is 0 Å². The SMILES string of the molecule is C/C=C/C(=O)C(CC1CCOCC1)c1ccc(S(=O)(=O)C2CC2)cc1. The van der Waals surface area contributed by atoms with Gasteiger partial charge in [-0.05, 0) is 68.7 Å². The molecule has 4 nitrogen and oxygen atoms in total. The Labute approximate surface area is 150 Å². The monoisotopic (exact) mass is 362 g/mol. The molecule has 5 heteroatoms. The normalized spacial score (nSPS) is 20.7. The van der Waals surface area contributed by atoms with E-state index in [2.05, 4.69) is 0 Å². The van der Waals surface area contributed by atoms with Gasteiger partial charge >= 0.3 is 0 Å². The van der Waals surface area contributed by atoms with Crippen molar-refractivity contribution in [2.45, 2.75) is 55.1 Å². The fourth-order valence-electron chi connectivity index (χ4n) is 3.47. The molecule has 0 bridgehead atoms. The lowest BCUT2D eigenvalue weighted by Gasteiger charge is -2.26. The van der Waals surface area contributed by atoms with E-state index in [-0.39, 0.29) is 17.0 Å². The van der Waals surface area contributed by atoms with Crippen LogP contribution in [0.5, 0.6) is 0 Å². The van der Waals surface area contributed by atoms with Gasteiger partial charge < -0.3 is 4.74 Å². The van der Waals surface area contributed by atoms with Crippen LogP contribution < -0.4 is 0 Å². The highest BCUT2D eigenvalue weighted by Gasteiger charge is 2.37. The number of carbonyl (C=O) groups excluding carboxylic acids is 1. The van der Waals surface area contributed by atoms with Crippen molar-refractivity contribution < 1.29 is 17.9 Å². The molecule has 1 aliphatic heterocycles. The number of rotatable bonds is 7. The van der Waals surface area contributed by atoms with Gasteiger partial charge in [-0.2, -0.15) is 0 Å². The molecule has 0 N–H and O–H groups in total. The van der Waals surface area contributed by atoms with E-state index < -0.39 is 9.84 Å². The van der Waals surface area contributed by atoms with Gasteiger partial charge in [0.15, 0.2) is 15.6 Å². The maximum Gasteiger partial charge on any atom is 0.181 e. The van der Waals surface area contributed by atoms with Gasteiger partial charge in [-0.3, -0.25) is 4.79 Å². The van der Waals surface area contributed by atoms with E-state index in [4.69, 9.17) is 4.74 Å². The van der Waals surface area contributed by atoms with Crippen LogP contribution in [0.15, 0.2) is 41.3 Å². The molecule has 1 saturated carbocycles. The summed E-state index contributed by atoms with van der Waals surface area (Å²) in [5.41, 5.74) is 0.907. The van der Waals surface area contributed by atoms with Crippen molar-refractivity contribution in [2.24, 2.45) is 5.92 Å². The number of sulfone groups is 1. The summed E-state index contributed by atoms with van der Waals surface area (Å²) < 4.78 is 30.1. The molecule has 0 aromatic heterocycles. The van der Waals surface area contributed by atoms with Crippen molar-refractivity contribution in [1.29, 1.82) is 0 Å². The summed E-state index contributed by atoms with van der Waals surface area (Å²) in [6.07, 6.45) is 7.67. The van der Waals surface area contributed by atoms with Gasteiger partial charge in [0.1, 0.15) is 0 Å². The third-order valence-electron chi connectivity index (χ3n) is 5.16. The molecule has 0 spiro atoms. The van der Waals surface area contributed by atoms with Crippen LogP contribution >= 0.6 is 0 Å². The van der Waals surface area contributed by atoms with E-state index in [0.717, 1.165) is 50.9 Å². The fourth-order valence-corrected chi connectivity index (χ4v) is 5.13. The van der Waals surface area contributed by atoms with Crippen molar-refractivity contribution in [2.75, 3.05) is 13.2 Å². The molecule has 1 saturated heterocycles. The first-order valence-electron chi connectivity index (χ1n) is 9.10. The summed E-state index contributed by atoms with van der Waals surface area (Å²) in [7, 11) is -3.18. The van der Waals surface area contributed by atoms with E-state index in [9.17, 15) is 13.2 Å². The molecule has 1 heterocycles. The predicted octanol–water partition coefficient (Wildman–Crippen LogP) is 3.67. The average Bonchev–Trinajstić information content (AvgIpc) is 3.46. The Bertz CT molecular complexity index is 723. The first-order valence-corrected chi connectivity index (χ1v) is 10.6. The van der Waals surface area contributed by atoms with Crippen LogP contribution in [0.3, 0.4) is 0 Å². The standard InChI is InChI=1S/C20H26O4S/c1-2-3-20(21)19(14-15-10-12-24-13-11-15)16-4-6-17(7-5-16)25(22,23)18-8-9-18/h2-7,15,18-19H,8-14H2,1H3/b3-2+. The Morgan fingerprint density at radius 3 is 2.36 bits per heavy atom. The molecule has 25 heavy (non-hydrogen) atoms. The molecule has 0 amide bonds. The number of hydrogen-bond acceptors (Lipinski definition) is 4. The average molecular weight is 362 g/mol. The maximum atomic E-state index is 12.6. The Hall–Kier alpha value is -1.46. The lowest BCUT2D eigenvalue weighted by atomic mass is 9.82. The molecule has 2 fully saturated rings. The molecule has 0 radical (unpaired) electrons. The van der Waals surface area contributed by atoms with E-state index in [1.807, 2.05) is 19.1 Å². The van der Waals surface area contributed by atoms with Crippen molar-refractivity contribution >= 4 is 15.6 Å². The molecule has 1 aromatic rings. The van der Waals surface area contributed by atoms with E-state index in [0.29, 0.717) is 10.8 Å². The van der Waals surface area contributed by atoms with Crippen molar-refractivity contribution in [1.82, 2.24) is 0 Å². The quantitative estimate of drug-likeness (QED) is 0.695. The highest BCUT2D eigenvalue weighted by molar-refractivity contribution is 7.92. The highest BCUT2D eigenvalue weighted by atomic mass is 32.2. The predicted molar refractivity (Wildman–Crippen MR) is 97.4 cm³/mol. The van der Waals surface area contributed by atoms with Gasteiger partial charge in [-0.25, -0.2) is 8.42 Å². The van der Waals surface area contributed by atoms with Gasteiger partial charge in [0.25, 0.3) is 0 Å². The molecule has 3 rings (SSSR count). The largest absolute Gasteiger partial charge is 0.381 e. The Morgan fingerprint density at radius 2 is 1.80 bits per heavy atom. The highest BCUT2D eigenvalue weighted by Crippen LogP contribution is 2.35. The fraction of sp³-hybridized carbons (Fsp3) is 0.550. The molecule has 1 atom stereocenters. The van der Waals surface area contributed by atoms with Crippen molar-refractivity contribution in [3.63, 3.8) is 0 Å². The molecular weight excluding hydrogens is 336 g/mol. The first kappa shape index (κ1) is 18.3. The van der Waals surface area contributed by atoms with Gasteiger partial charge in [-0.15, -0.1) is 0 Å². The Kier molecular flexibility index (Phi) is 5.74. The molecule has 1 aromatic carbocycles. The minimum absolute atomic E-state index is 0.0896. The van der Waals surface area contributed by atoms with Crippen LogP contribution in [-0.4, -0.2) is 32.7 Å². The molecule has 2 aliphatic rings. The topological polar surface area (TPSA) is 60.4 Å². The lowest BCUT2D eigenvalue weighted by molar-refractivity contribution is -0.116. The zero-order chi connectivity index (χ0) is 17.9. The molecule has 1 unspecified atom stereocenters. The van der Waals surface area contributed by atoms with Gasteiger partial charge in [0.05, 0.1) is 10.1 Å². The summed E-state index contributed by atoms with van der Waals surface area (Å²) >= 11 is 0. The minimum atomic E-state index is -3.18. The second-order valence-electron chi connectivity index (χ2n) is 7.06. The number of ether oxygens (including phenoxy) is 1. The number of hydrogen-bond donors (Lipinski definition) is 0. The second-order valence-corrected chi connectivity index (χ2v) is 9.29. The summed E-state index contributed by atoms with van der Waals surface area (Å²) in [6.45, 7) is 3.36. The number of ketones is 1. The number of benzene rings is 1. The molecular formula is C20H26O4S. The van der Waals surface area contributed by atoms with Crippen LogP contribution in [0, 0.1) is 5.92 Å². The Morgan fingerprint density at radius 1 is 1.16 bits per heavy atom. The van der Waals surface area contributed by atoms with Crippen LogP contribution in [0.2, 0.25) is 0 Å². The van der Waals surface area contributed by atoms with E-state index in [1.165, 1.54) is 0 Å². The third kappa shape index (κ3) is 4.39. The maximum absolute atomic E-state index is 12.6. The second kappa shape index (κ2) is 7.83. The summed E-state index contributed by atoms with van der Waals surface area (Å²) in [6, 6.07) is 6.98. The zero-order valence-electron chi connectivity index (χ0n) is 14.7. The van der Waals surface area contributed by atoms with Crippen LogP contribution in [0.4, 0.5) is 0 Å². The van der Waals surface area contributed by atoms with Gasteiger partial charge in [0, 0.05) is 19.1 Å². The zero-order valence-corrected chi connectivity index (χ0v) is 15.5. The lowest BCUT2D eigenvalue weighted by Crippen LogP contribution is -2.21. The van der Waals surface area contributed by atoms with Gasteiger partial charge in [0.2, 0.25) is 0 Å². The Balaban J connectivity index is 1.80.